The normalized spacial score (nSPS) is 10.7. The van der Waals surface area contributed by atoms with Gasteiger partial charge in [0, 0.05) is 11.1 Å². The van der Waals surface area contributed by atoms with E-state index >= 15 is 0 Å². The van der Waals surface area contributed by atoms with Crippen LogP contribution in [-0.2, 0) is 0 Å². The van der Waals surface area contributed by atoms with Crippen LogP contribution < -0.4 is 0 Å². The maximum Gasteiger partial charge on any atom is 0.193 e. The van der Waals surface area contributed by atoms with Crippen molar-refractivity contribution in [2.75, 3.05) is 0 Å². The first kappa shape index (κ1) is 14.3. The van der Waals surface area contributed by atoms with Gasteiger partial charge in [0.1, 0.15) is 5.75 Å². The van der Waals surface area contributed by atoms with E-state index < -0.39 is 0 Å². The van der Waals surface area contributed by atoms with Crippen LogP contribution in [0.15, 0.2) is 24.3 Å². The van der Waals surface area contributed by atoms with E-state index in [0.29, 0.717) is 5.56 Å². The topological polar surface area (TPSA) is 37.3 Å². The van der Waals surface area contributed by atoms with E-state index in [1.807, 2.05) is 46.8 Å². The molecule has 1 N–H and O–H groups in total. The Morgan fingerprint density at radius 3 is 1.70 bits per heavy atom. The minimum atomic E-state index is 0.0196. The highest BCUT2D eigenvalue weighted by atomic mass is 16.3. The zero-order chi connectivity index (χ0) is 15.0. The molecule has 0 radical (unpaired) electrons. The van der Waals surface area contributed by atoms with Crippen molar-refractivity contribution >= 4 is 5.78 Å². The summed E-state index contributed by atoms with van der Waals surface area (Å²) in [5.74, 6) is 0.283. The number of benzene rings is 2. The molecule has 104 valence electrons. The third-order valence-electron chi connectivity index (χ3n) is 3.66. The van der Waals surface area contributed by atoms with Crippen molar-refractivity contribution in [2.45, 2.75) is 34.6 Å². The summed E-state index contributed by atoms with van der Waals surface area (Å²) >= 11 is 0. The summed E-state index contributed by atoms with van der Waals surface area (Å²) in [6.45, 7) is 9.59. The molecule has 0 unspecified atom stereocenters. The molecule has 2 aromatic rings. The van der Waals surface area contributed by atoms with Crippen molar-refractivity contribution in [3.05, 3.63) is 63.2 Å². The maximum absolute atomic E-state index is 12.7. The summed E-state index contributed by atoms with van der Waals surface area (Å²) < 4.78 is 0. The second-order valence-electron chi connectivity index (χ2n) is 5.56. The molecule has 0 bridgehead atoms. The van der Waals surface area contributed by atoms with Gasteiger partial charge in [-0.2, -0.15) is 0 Å². The number of ketones is 1. The molecule has 2 aromatic carbocycles. The third kappa shape index (κ3) is 2.46. The van der Waals surface area contributed by atoms with Gasteiger partial charge in [0.25, 0.3) is 0 Å². The number of hydrogen-bond donors (Lipinski definition) is 1. The number of aromatic hydroxyl groups is 1. The number of hydrogen-bond acceptors (Lipinski definition) is 2. The van der Waals surface area contributed by atoms with Crippen molar-refractivity contribution in [3.8, 4) is 5.75 Å². The lowest BCUT2D eigenvalue weighted by atomic mass is 9.91. The fourth-order valence-electron chi connectivity index (χ4n) is 2.77. The molecule has 0 aliphatic rings. The predicted octanol–water partition coefficient (Wildman–Crippen LogP) is 4.17. The molecule has 0 saturated carbocycles. The van der Waals surface area contributed by atoms with Crippen LogP contribution >= 0.6 is 0 Å². The highest BCUT2D eigenvalue weighted by Crippen LogP contribution is 2.26. The van der Waals surface area contributed by atoms with Crippen molar-refractivity contribution in [1.82, 2.24) is 0 Å². The van der Waals surface area contributed by atoms with Crippen LogP contribution in [0, 0.1) is 34.6 Å². The summed E-state index contributed by atoms with van der Waals surface area (Å²) in [7, 11) is 0. The van der Waals surface area contributed by atoms with Crippen molar-refractivity contribution < 1.29 is 9.90 Å². The first-order valence-corrected chi connectivity index (χ1v) is 6.74. The third-order valence-corrected chi connectivity index (χ3v) is 3.66. The minimum Gasteiger partial charge on any atom is -0.507 e. The first-order valence-electron chi connectivity index (χ1n) is 6.74. The standard InChI is InChI=1S/C18H20O2/c1-10-6-11(2)16(12(3)7-10)18(20)15-8-13(4)17(19)14(5)9-15/h6-9,19H,1-5H3. The molecule has 0 aliphatic carbocycles. The van der Waals surface area contributed by atoms with E-state index in [4.69, 9.17) is 0 Å². The number of phenols is 1. The molecule has 0 aromatic heterocycles. The molecule has 0 atom stereocenters. The molecule has 2 rings (SSSR count). The highest BCUT2D eigenvalue weighted by molar-refractivity contribution is 6.11. The lowest BCUT2D eigenvalue weighted by molar-refractivity contribution is 0.103. The second kappa shape index (κ2) is 5.12. The Hall–Kier alpha value is -2.09. The number of phenolic OH excluding ortho intramolecular Hbond substituents is 1. The molecular formula is C18H20O2. The van der Waals surface area contributed by atoms with Gasteiger partial charge < -0.3 is 5.11 Å². The summed E-state index contributed by atoms with van der Waals surface area (Å²) in [5.41, 5.74) is 6.01. The van der Waals surface area contributed by atoms with Gasteiger partial charge in [-0.15, -0.1) is 0 Å². The average Bonchev–Trinajstić information content (AvgIpc) is 2.33. The van der Waals surface area contributed by atoms with Crippen LogP contribution in [0.3, 0.4) is 0 Å². The number of rotatable bonds is 2. The van der Waals surface area contributed by atoms with Crippen molar-refractivity contribution in [2.24, 2.45) is 0 Å². The number of carbonyl (C=O) groups excluding carboxylic acids is 1. The molecule has 0 fully saturated rings. The molecule has 0 amide bonds. The molecule has 2 heteroatoms. The zero-order valence-electron chi connectivity index (χ0n) is 12.7. The fraction of sp³-hybridized carbons (Fsp3) is 0.278. The summed E-state index contributed by atoms with van der Waals surface area (Å²) in [5, 5.41) is 9.82. The SMILES string of the molecule is Cc1cc(C)c(C(=O)c2cc(C)c(O)c(C)c2)c(C)c1. The zero-order valence-corrected chi connectivity index (χ0v) is 12.7. The monoisotopic (exact) mass is 268 g/mol. The van der Waals surface area contributed by atoms with Gasteiger partial charge in [0.2, 0.25) is 0 Å². The number of carbonyl (C=O) groups is 1. The van der Waals surface area contributed by atoms with E-state index in [9.17, 15) is 9.90 Å². The molecule has 2 nitrogen and oxygen atoms in total. The molecule has 0 aliphatic heterocycles. The second-order valence-corrected chi connectivity index (χ2v) is 5.56. The molecule has 0 heterocycles. The lowest BCUT2D eigenvalue weighted by Crippen LogP contribution is -2.07. The Bertz CT molecular complexity index is 651. The number of aryl methyl sites for hydroxylation is 5. The van der Waals surface area contributed by atoms with Gasteiger partial charge in [-0.25, -0.2) is 0 Å². The van der Waals surface area contributed by atoms with E-state index in [1.54, 1.807) is 12.1 Å². The van der Waals surface area contributed by atoms with E-state index in [1.165, 1.54) is 0 Å². The predicted molar refractivity (Wildman–Crippen MR) is 81.7 cm³/mol. The van der Waals surface area contributed by atoms with Crippen LogP contribution in [0.5, 0.6) is 5.75 Å². The van der Waals surface area contributed by atoms with E-state index in [0.717, 1.165) is 33.4 Å². The Morgan fingerprint density at radius 2 is 1.25 bits per heavy atom. The van der Waals surface area contributed by atoms with Crippen LogP contribution in [-0.4, -0.2) is 10.9 Å². The van der Waals surface area contributed by atoms with Crippen LogP contribution in [0.25, 0.3) is 0 Å². The van der Waals surface area contributed by atoms with Crippen LogP contribution in [0.1, 0.15) is 43.7 Å². The van der Waals surface area contributed by atoms with Gasteiger partial charge in [-0.1, -0.05) is 17.7 Å². The van der Waals surface area contributed by atoms with Crippen molar-refractivity contribution in [3.63, 3.8) is 0 Å². The summed E-state index contributed by atoms with van der Waals surface area (Å²) in [6, 6.07) is 7.56. The average molecular weight is 268 g/mol. The largest absolute Gasteiger partial charge is 0.507 e. The van der Waals surface area contributed by atoms with Crippen LogP contribution in [0.4, 0.5) is 0 Å². The van der Waals surface area contributed by atoms with Crippen molar-refractivity contribution in [1.29, 1.82) is 0 Å². The smallest absolute Gasteiger partial charge is 0.193 e. The quantitative estimate of drug-likeness (QED) is 0.830. The Kier molecular flexibility index (Phi) is 3.67. The van der Waals surface area contributed by atoms with Gasteiger partial charge in [0.05, 0.1) is 0 Å². The van der Waals surface area contributed by atoms with E-state index in [-0.39, 0.29) is 11.5 Å². The fourth-order valence-corrected chi connectivity index (χ4v) is 2.77. The van der Waals surface area contributed by atoms with E-state index in [2.05, 4.69) is 0 Å². The Labute approximate surface area is 120 Å². The summed E-state index contributed by atoms with van der Waals surface area (Å²) in [6.07, 6.45) is 0. The molecule has 0 spiro atoms. The molecule has 0 saturated heterocycles. The van der Waals surface area contributed by atoms with Crippen LogP contribution in [0.2, 0.25) is 0 Å². The minimum absolute atomic E-state index is 0.0196. The first-order chi connectivity index (χ1) is 9.31. The Balaban J connectivity index is 2.58. The molecule has 20 heavy (non-hydrogen) atoms. The van der Waals surface area contributed by atoms with Gasteiger partial charge in [0.15, 0.2) is 5.78 Å². The van der Waals surface area contributed by atoms with Gasteiger partial charge in [-0.05, 0) is 69.0 Å². The highest BCUT2D eigenvalue weighted by Gasteiger charge is 2.16. The maximum atomic E-state index is 12.7. The summed E-state index contributed by atoms with van der Waals surface area (Å²) in [4.78, 5) is 12.7. The lowest BCUT2D eigenvalue weighted by Gasteiger charge is -2.12. The Morgan fingerprint density at radius 1 is 0.800 bits per heavy atom. The van der Waals surface area contributed by atoms with Gasteiger partial charge >= 0.3 is 0 Å². The van der Waals surface area contributed by atoms with Gasteiger partial charge in [-0.3, -0.25) is 4.79 Å². The molecular weight excluding hydrogens is 248 g/mol.